The van der Waals surface area contributed by atoms with Crippen LogP contribution in [0.15, 0.2) is 24.3 Å². The SMILES string of the molecule is CC(=O)OC[C@H]1O[C@H](c2ccc(OS(=O)(=O)C(F)(F)F)cc2)[C@@H](OC(C)=O)[C@H](OC(C)=O)[C@@H]1OC(C)=O. The van der Waals surface area contributed by atoms with E-state index in [1.807, 2.05) is 0 Å². The van der Waals surface area contributed by atoms with Gasteiger partial charge in [-0.2, -0.15) is 21.6 Å². The maximum absolute atomic E-state index is 12.6. The van der Waals surface area contributed by atoms with E-state index in [2.05, 4.69) is 4.18 Å². The van der Waals surface area contributed by atoms with Crippen molar-refractivity contribution in [1.29, 1.82) is 0 Å². The Bertz CT molecular complexity index is 1120. The van der Waals surface area contributed by atoms with Crippen molar-refractivity contribution in [2.75, 3.05) is 6.61 Å². The molecule has 1 heterocycles. The summed E-state index contributed by atoms with van der Waals surface area (Å²) in [6.45, 7) is 3.73. The first-order valence-electron chi connectivity index (χ1n) is 10.4. The summed E-state index contributed by atoms with van der Waals surface area (Å²) < 4.78 is 91.1. The third-order valence-corrected chi connectivity index (χ3v) is 5.67. The Balaban J connectivity index is 2.51. The molecule has 0 unspecified atom stereocenters. The second kappa shape index (κ2) is 11.8. The molecule has 0 spiro atoms. The van der Waals surface area contributed by atoms with Crippen molar-refractivity contribution in [3.8, 4) is 5.75 Å². The summed E-state index contributed by atoms with van der Waals surface area (Å²) in [6, 6.07) is 3.99. The molecule has 16 heteroatoms. The van der Waals surface area contributed by atoms with Gasteiger partial charge in [-0.05, 0) is 17.7 Å². The van der Waals surface area contributed by atoms with E-state index in [0.29, 0.717) is 0 Å². The number of rotatable bonds is 8. The van der Waals surface area contributed by atoms with E-state index >= 15 is 0 Å². The highest BCUT2D eigenvalue weighted by molar-refractivity contribution is 7.88. The van der Waals surface area contributed by atoms with Crippen LogP contribution in [0, 0.1) is 0 Å². The molecule has 0 bridgehead atoms. The van der Waals surface area contributed by atoms with Gasteiger partial charge in [-0.15, -0.1) is 0 Å². The van der Waals surface area contributed by atoms with Crippen molar-refractivity contribution in [3.63, 3.8) is 0 Å². The van der Waals surface area contributed by atoms with E-state index in [-0.39, 0.29) is 5.56 Å². The largest absolute Gasteiger partial charge is 0.534 e. The van der Waals surface area contributed by atoms with E-state index in [9.17, 15) is 40.8 Å². The van der Waals surface area contributed by atoms with Crippen molar-refractivity contribution in [3.05, 3.63) is 29.8 Å². The molecule has 206 valence electrons. The number of carbonyl (C=O) groups excluding carboxylic acids is 4. The van der Waals surface area contributed by atoms with Gasteiger partial charge in [0.1, 0.15) is 24.6 Å². The second-order valence-corrected chi connectivity index (χ2v) is 9.21. The van der Waals surface area contributed by atoms with Crippen LogP contribution in [0.3, 0.4) is 0 Å². The number of ether oxygens (including phenoxy) is 5. The number of carbonyl (C=O) groups is 4. The molecule has 0 radical (unpaired) electrons. The molecule has 2 rings (SSSR count). The summed E-state index contributed by atoms with van der Waals surface area (Å²) in [5, 5.41) is 0. The standard InChI is InChI=1S/C21H23F3O12S/c1-10(25)31-9-16-18(32-11(2)26)20(34-13(4)28)19(33-12(3)27)17(35-16)14-5-7-15(8-6-14)36-37(29,30)21(22,23)24/h5-8,16-20H,9H2,1-4H3/t16-,17-,18-,19-,20-/m1/s1. The third-order valence-electron chi connectivity index (χ3n) is 4.69. The van der Waals surface area contributed by atoms with E-state index in [1.54, 1.807) is 0 Å². The zero-order chi connectivity index (χ0) is 28.1. The summed E-state index contributed by atoms with van der Waals surface area (Å²) in [5.41, 5.74) is -5.56. The monoisotopic (exact) mass is 556 g/mol. The number of hydrogen-bond donors (Lipinski definition) is 0. The minimum absolute atomic E-state index is 0.106. The van der Waals surface area contributed by atoms with Gasteiger partial charge >= 0.3 is 39.5 Å². The van der Waals surface area contributed by atoms with Gasteiger partial charge in [0, 0.05) is 27.7 Å². The van der Waals surface area contributed by atoms with Gasteiger partial charge in [0.15, 0.2) is 18.3 Å². The van der Waals surface area contributed by atoms with Gasteiger partial charge in [0.25, 0.3) is 0 Å². The summed E-state index contributed by atoms with van der Waals surface area (Å²) in [4.78, 5) is 46.8. The summed E-state index contributed by atoms with van der Waals surface area (Å²) in [7, 11) is -5.94. The number of esters is 4. The predicted molar refractivity (Wildman–Crippen MR) is 113 cm³/mol. The highest BCUT2D eigenvalue weighted by Crippen LogP contribution is 2.38. The van der Waals surface area contributed by atoms with Gasteiger partial charge in [-0.25, -0.2) is 0 Å². The van der Waals surface area contributed by atoms with E-state index < -0.39 is 82.4 Å². The predicted octanol–water partition coefficient (Wildman–Crippen LogP) is 1.71. The minimum Gasteiger partial charge on any atom is -0.463 e. The Morgan fingerprint density at radius 2 is 1.30 bits per heavy atom. The first kappa shape index (κ1) is 29.8. The fraction of sp³-hybridized carbons (Fsp3) is 0.524. The zero-order valence-electron chi connectivity index (χ0n) is 19.8. The normalized spacial score (nSPS) is 23.9. The molecule has 0 saturated carbocycles. The molecule has 1 aromatic carbocycles. The molecule has 1 aromatic rings. The molecular formula is C21H23F3O12S. The van der Waals surface area contributed by atoms with E-state index in [0.717, 1.165) is 52.0 Å². The van der Waals surface area contributed by atoms with Crippen LogP contribution in [0.1, 0.15) is 39.4 Å². The second-order valence-electron chi connectivity index (χ2n) is 7.67. The third kappa shape index (κ3) is 8.04. The molecule has 0 aliphatic carbocycles. The fourth-order valence-corrected chi connectivity index (χ4v) is 3.84. The lowest BCUT2D eigenvalue weighted by atomic mass is 9.90. The fourth-order valence-electron chi connectivity index (χ4n) is 3.38. The van der Waals surface area contributed by atoms with Crippen LogP contribution in [0.5, 0.6) is 5.75 Å². The van der Waals surface area contributed by atoms with Crippen molar-refractivity contribution in [2.45, 2.75) is 63.7 Å². The average molecular weight is 556 g/mol. The van der Waals surface area contributed by atoms with E-state index in [4.69, 9.17) is 23.7 Å². The highest BCUT2D eigenvalue weighted by atomic mass is 32.2. The molecule has 12 nitrogen and oxygen atoms in total. The maximum atomic E-state index is 12.6. The smallest absolute Gasteiger partial charge is 0.463 e. The quantitative estimate of drug-likeness (QED) is 0.198. The van der Waals surface area contributed by atoms with Gasteiger partial charge in [-0.3, -0.25) is 19.2 Å². The van der Waals surface area contributed by atoms with Gasteiger partial charge in [0.05, 0.1) is 0 Å². The molecule has 0 aromatic heterocycles. The lowest BCUT2D eigenvalue weighted by Gasteiger charge is -2.44. The van der Waals surface area contributed by atoms with Gasteiger partial charge in [-0.1, -0.05) is 12.1 Å². The van der Waals surface area contributed by atoms with Crippen LogP contribution < -0.4 is 4.18 Å². The lowest BCUT2D eigenvalue weighted by Crippen LogP contribution is -2.59. The zero-order valence-corrected chi connectivity index (χ0v) is 20.7. The molecule has 1 fully saturated rings. The topological polar surface area (TPSA) is 158 Å². The van der Waals surface area contributed by atoms with E-state index in [1.165, 1.54) is 0 Å². The summed E-state index contributed by atoms with van der Waals surface area (Å²) >= 11 is 0. The van der Waals surface area contributed by atoms with Crippen molar-refractivity contribution in [2.24, 2.45) is 0 Å². The Hall–Kier alpha value is -3.40. The Morgan fingerprint density at radius 1 is 0.811 bits per heavy atom. The van der Waals surface area contributed by atoms with Gasteiger partial charge < -0.3 is 27.9 Å². The molecule has 1 saturated heterocycles. The molecular weight excluding hydrogens is 533 g/mol. The number of halogens is 3. The average Bonchev–Trinajstić information content (AvgIpc) is 2.74. The van der Waals surface area contributed by atoms with Crippen molar-refractivity contribution < 1.29 is 68.6 Å². The summed E-state index contributed by atoms with van der Waals surface area (Å²) in [6.07, 6.45) is -6.89. The van der Waals surface area contributed by atoms with Crippen LogP contribution in [-0.2, 0) is 53.0 Å². The first-order chi connectivity index (χ1) is 17.0. The molecule has 0 amide bonds. The molecule has 1 aliphatic heterocycles. The van der Waals surface area contributed by atoms with Crippen LogP contribution in [-0.4, -0.2) is 68.8 Å². The van der Waals surface area contributed by atoms with Crippen molar-refractivity contribution >= 4 is 34.0 Å². The molecule has 37 heavy (non-hydrogen) atoms. The number of hydrogen-bond acceptors (Lipinski definition) is 12. The maximum Gasteiger partial charge on any atom is 0.534 e. The highest BCUT2D eigenvalue weighted by Gasteiger charge is 2.53. The van der Waals surface area contributed by atoms with Crippen LogP contribution in [0.4, 0.5) is 13.2 Å². The first-order valence-corrected chi connectivity index (χ1v) is 11.8. The van der Waals surface area contributed by atoms with Crippen LogP contribution in [0.25, 0.3) is 0 Å². The number of alkyl halides is 3. The minimum atomic E-state index is -5.94. The molecule has 1 aliphatic rings. The molecule has 0 N–H and O–H groups in total. The Kier molecular flexibility index (Phi) is 9.49. The Morgan fingerprint density at radius 3 is 1.76 bits per heavy atom. The van der Waals surface area contributed by atoms with Crippen molar-refractivity contribution in [1.82, 2.24) is 0 Å². The lowest BCUT2D eigenvalue weighted by molar-refractivity contribution is -0.254. The Labute approximate surface area is 209 Å². The molecule has 5 atom stereocenters. The van der Waals surface area contributed by atoms with Crippen LogP contribution >= 0.6 is 0 Å². The van der Waals surface area contributed by atoms with Crippen LogP contribution in [0.2, 0.25) is 0 Å². The summed E-state index contributed by atoms with van der Waals surface area (Å²) in [5.74, 6) is -3.95. The number of benzene rings is 1. The van der Waals surface area contributed by atoms with Gasteiger partial charge in [0.2, 0.25) is 0 Å².